The summed E-state index contributed by atoms with van der Waals surface area (Å²) in [5.74, 6) is 0.597. The van der Waals surface area contributed by atoms with Crippen molar-refractivity contribution >= 4 is 21.8 Å². The van der Waals surface area contributed by atoms with E-state index in [0.29, 0.717) is 31.0 Å². The predicted molar refractivity (Wildman–Crippen MR) is 101 cm³/mol. The summed E-state index contributed by atoms with van der Waals surface area (Å²) in [5.41, 5.74) is 1.63. The highest BCUT2D eigenvalue weighted by atomic mass is 79.9. The van der Waals surface area contributed by atoms with Crippen LogP contribution in [0.5, 0.6) is 5.75 Å². The molecule has 3 rings (SSSR count). The van der Waals surface area contributed by atoms with E-state index < -0.39 is 0 Å². The van der Waals surface area contributed by atoms with Gasteiger partial charge in [-0.3, -0.25) is 4.79 Å². The minimum absolute atomic E-state index is 0.00951. The molecule has 1 aliphatic heterocycles. The van der Waals surface area contributed by atoms with E-state index in [9.17, 15) is 4.79 Å². The Kier molecular flexibility index (Phi) is 5.76. The molecular weight excluding hydrogens is 382 g/mol. The number of hydrogen-bond acceptors (Lipinski definition) is 3. The highest BCUT2D eigenvalue weighted by molar-refractivity contribution is 9.10. The maximum absolute atomic E-state index is 13.0. The Morgan fingerprint density at radius 3 is 2.48 bits per heavy atom. The zero-order chi connectivity index (χ0) is 17.8. The summed E-state index contributed by atoms with van der Waals surface area (Å²) in [6, 6.07) is 15.3. The topological polar surface area (TPSA) is 38.8 Å². The smallest absolute Gasteiger partial charge is 0.257 e. The largest absolute Gasteiger partial charge is 0.488 e. The van der Waals surface area contributed by atoms with Crippen molar-refractivity contribution in [3.63, 3.8) is 0 Å². The SMILES string of the molecule is CC1CN(C(=O)c2ccccc2OCc2ccccc2Br)CC(C)O1. The lowest BCUT2D eigenvalue weighted by atomic mass is 10.1. The maximum Gasteiger partial charge on any atom is 0.257 e. The van der Waals surface area contributed by atoms with Gasteiger partial charge in [-0.25, -0.2) is 0 Å². The lowest BCUT2D eigenvalue weighted by molar-refractivity contribution is -0.0586. The molecule has 4 nitrogen and oxygen atoms in total. The van der Waals surface area contributed by atoms with Crippen LogP contribution in [0, 0.1) is 0 Å². The molecule has 132 valence electrons. The van der Waals surface area contributed by atoms with Crippen LogP contribution in [0.4, 0.5) is 0 Å². The fourth-order valence-corrected chi connectivity index (χ4v) is 3.45. The second kappa shape index (κ2) is 8.02. The Morgan fingerprint density at radius 2 is 1.76 bits per heavy atom. The molecule has 1 saturated heterocycles. The summed E-state index contributed by atoms with van der Waals surface area (Å²) in [4.78, 5) is 14.8. The summed E-state index contributed by atoms with van der Waals surface area (Å²) < 4.78 is 12.7. The molecule has 0 N–H and O–H groups in total. The van der Waals surface area contributed by atoms with Crippen LogP contribution < -0.4 is 4.74 Å². The van der Waals surface area contributed by atoms with E-state index in [1.54, 1.807) is 0 Å². The van der Waals surface area contributed by atoms with Gasteiger partial charge in [0.25, 0.3) is 5.91 Å². The molecule has 1 amide bonds. The van der Waals surface area contributed by atoms with Gasteiger partial charge in [-0.2, -0.15) is 0 Å². The Balaban J connectivity index is 1.76. The molecule has 1 fully saturated rings. The van der Waals surface area contributed by atoms with Gasteiger partial charge in [-0.1, -0.05) is 46.3 Å². The highest BCUT2D eigenvalue weighted by Crippen LogP contribution is 2.24. The summed E-state index contributed by atoms with van der Waals surface area (Å²) in [6.45, 7) is 5.58. The summed E-state index contributed by atoms with van der Waals surface area (Å²) in [5, 5.41) is 0. The van der Waals surface area contributed by atoms with Crippen molar-refractivity contribution in [2.75, 3.05) is 13.1 Å². The van der Waals surface area contributed by atoms with Crippen LogP contribution in [-0.2, 0) is 11.3 Å². The Morgan fingerprint density at radius 1 is 1.12 bits per heavy atom. The molecule has 2 aromatic rings. The van der Waals surface area contributed by atoms with Crippen molar-refractivity contribution in [3.8, 4) is 5.75 Å². The second-order valence-corrected chi connectivity index (χ2v) is 7.20. The minimum atomic E-state index is -0.00951. The fourth-order valence-electron chi connectivity index (χ4n) is 3.05. The number of morpholine rings is 1. The number of para-hydroxylation sites is 1. The zero-order valence-corrected chi connectivity index (χ0v) is 16.0. The van der Waals surface area contributed by atoms with Gasteiger partial charge in [-0.05, 0) is 32.0 Å². The molecule has 0 spiro atoms. The van der Waals surface area contributed by atoms with Gasteiger partial charge < -0.3 is 14.4 Å². The number of amides is 1. The van der Waals surface area contributed by atoms with Crippen LogP contribution >= 0.6 is 15.9 Å². The molecule has 1 heterocycles. The Hall–Kier alpha value is -1.85. The maximum atomic E-state index is 13.0. The molecule has 0 bridgehead atoms. The van der Waals surface area contributed by atoms with E-state index in [0.717, 1.165) is 10.0 Å². The lowest BCUT2D eigenvalue weighted by Crippen LogP contribution is -2.48. The van der Waals surface area contributed by atoms with Gasteiger partial charge in [0.15, 0.2) is 0 Å². The number of rotatable bonds is 4. The summed E-state index contributed by atoms with van der Waals surface area (Å²) >= 11 is 3.52. The van der Waals surface area contributed by atoms with Crippen molar-refractivity contribution in [1.82, 2.24) is 4.90 Å². The van der Waals surface area contributed by atoms with Gasteiger partial charge in [-0.15, -0.1) is 0 Å². The van der Waals surface area contributed by atoms with Gasteiger partial charge in [0.1, 0.15) is 12.4 Å². The first-order valence-electron chi connectivity index (χ1n) is 8.44. The Bertz CT molecular complexity index is 739. The zero-order valence-electron chi connectivity index (χ0n) is 14.4. The molecule has 2 atom stereocenters. The van der Waals surface area contributed by atoms with E-state index >= 15 is 0 Å². The minimum Gasteiger partial charge on any atom is -0.488 e. The van der Waals surface area contributed by atoms with Crippen LogP contribution in [0.1, 0.15) is 29.8 Å². The molecule has 5 heteroatoms. The molecule has 0 saturated carbocycles. The Labute approximate surface area is 156 Å². The molecule has 1 aliphatic rings. The first-order chi connectivity index (χ1) is 12.0. The van der Waals surface area contributed by atoms with Gasteiger partial charge in [0.05, 0.1) is 17.8 Å². The number of benzene rings is 2. The normalized spacial score (nSPS) is 20.4. The predicted octanol–water partition coefficient (Wildman–Crippen LogP) is 4.28. The molecule has 25 heavy (non-hydrogen) atoms. The molecule has 0 radical (unpaired) electrons. The summed E-state index contributed by atoms with van der Waals surface area (Å²) in [6.07, 6.45) is 0.0853. The van der Waals surface area contributed by atoms with Crippen molar-refractivity contribution in [2.24, 2.45) is 0 Å². The van der Waals surface area contributed by atoms with E-state index in [2.05, 4.69) is 15.9 Å². The van der Waals surface area contributed by atoms with E-state index in [-0.39, 0.29) is 18.1 Å². The van der Waals surface area contributed by atoms with Crippen LogP contribution in [0.15, 0.2) is 53.0 Å². The van der Waals surface area contributed by atoms with Crippen molar-refractivity contribution in [3.05, 3.63) is 64.1 Å². The van der Waals surface area contributed by atoms with Gasteiger partial charge in [0, 0.05) is 23.1 Å². The number of ether oxygens (including phenoxy) is 2. The summed E-state index contributed by atoms with van der Waals surface area (Å²) in [7, 11) is 0. The van der Waals surface area contributed by atoms with Crippen molar-refractivity contribution < 1.29 is 14.3 Å². The monoisotopic (exact) mass is 403 g/mol. The first-order valence-corrected chi connectivity index (χ1v) is 9.24. The molecule has 0 aromatic heterocycles. The van der Waals surface area contributed by atoms with Crippen LogP contribution in [0.2, 0.25) is 0 Å². The number of nitrogens with zero attached hydrogens (tertiary/aromatic N) is 1. The number of carbonyl (C=O) groups excluding carboxylic acids is 1. The third-order valence-corrected chi connectivity index (χ3v) is 4.94. The van der Waals surface area contributed by atoms with E-state index in [1.165, 1.54) is 0 Å². The van der Waals surface area contributed by atoms with Crippen LogP contribution in [0.25, 0.3) is 0 Å². The quantitative estimate of drug-likeness (QED) is 0.764. The van der Waals surface area contributed by atoms with E-state index in [1.807, 2.05) is 67.3 Å². The fraction of sp³-hybridized carbons (Fsp3) is 0.350. The van der Waals surface area contributed by atoms with Crippen LogP contribution in [-0.4, -0.2) is 36.1 Å². The first kappa shape index (κ1) is 18.0. The van der Waals surface area contributed by atoms with Gasteiger partial charge in [0.2, 0.25) is 0 Å². The van der Waals surface area contributed by atoms with Crippen molar-refractivity contribution in [2.45, 2.75) is 32.7 Å². The second-order valence-electron chi connectivity index (χ2n) is 6.34. The van der Waals surface area contributed by atoms with Gasteiger partial charge >= 0.3 is 0 Å². The van der Waals surface area contributed by atoms with Crippen molar-refractivity contribution in [1.29, 1.82) is 0 Å². The third-order valence-electron chi connectivity index (χ3n) is 4.17. The average Bonchev–Trinajstić information content (AvgIpc) is 2.60. The standard InChI is InChI=1S/C20H22BrNO3/c1-14-11-22(12-15(2)25-14)20(23)17-8-4-6-10-19(17)24-13-16-7-3-5-9-18(16)21/h3-10,14-15H,11-13H2,1-2H3. The molecule has 2 aromatic carbocycles. The number of halogens is 1. The van der Waals surface area contributed by atoms with E-state index in [4.69, 9.17) is 9.47 Å². The highest BCUT2D eigenvalue weighted by Gasteiger charge is 2.28. The lowest BCUT2D eigenvalue weighted by Gasteiger charge is -2.35. The molecule has 0 aliphatic carbocycles. The molecule has 2 unspecified atom stereocenters. The number of hydrogen-bond donors (Lipinski definition) is 0. The molecular formula is C20H22BrNO3. The number of carbonyl (C=O) groups is 1. The average molecular weight is 404 g/mol. The van der Waals surface area contributed by atoms with Crippen LogP contribution in [0.3, 0.4) is 0 Å². The third kappa shape index (κ3) is 4.41.